The van der Waals surface area contributed by atoms with E-state index < -0.39 is 0 Å². The van der Waals surface area contributed by atoms with Crippen molar-refractivity contribution in [2.24, 2.45) is 29.1 Å². The average Bonchev–Trinajstić information content (AvgIpc) is 3.65. The van der Waals surface area contributed by atoms with Gasteiger partial charge in [-0.2, -0.15) is 0 Å². The minimum atomic E-state index is -0.156. The van der Waals surface area contributed by atoms with Crippen LogP contribution in [-0.2, 0) is 16.2 Å². The molecule has 0 saturated heterocycles. The number of para-hydroxylation sites is 2. The number of anilines is 6. The molecule has 6 aliphatic carbocycles. The Kier molecular flexibility index (Phi) is 11.3. The van der Waals surface area contributed by atoms with E-state index in [1.54, 1.807) is 5.56 Å². The lowest BCUT2D eigenvalue weighted by Crippen LogP contribution is -2.48. The third-order valence-electron chi connectivity index (χ3n) is 19.3. The highest BCUT2D eigenvalue weighted by molar-refractivity contribution is 5.94. The average molecular weight is 953 g/mol. The summed E-state index contributed by atoms with van der Waals surface area (Å²) >= 11 is 0. The number of benzene rings is 8. The highest BCUT2D eigenvalue weighted by Crippen LogP contribution is 2.61. The molecular weight excluding hydrogens is 881 g/mol. The first-order valence-electron chi connectivity index (χ1n) is 27.8. The zero-order valence-electron chi connectivity index (χ0n) is 43.8. The minimum absolute atomic E-state index is 0.0900. The molecule has 0 spiro atoms. The van der Waals surface area contributed by atoms with E-state index in [1.165, 1.54) is 119 Å². The van der Waals surface area contributed by atoms with Crippen LogP contribution in [0.4, 0.5) is 34.1 Å². The van der Waals surface area contributed by atoms with E-state index in [4.69, 9.17) is 0 Å². The number of nitrogens with zero attached hydrogens (tertiary/aromatic N) is 2. The predicted molar refractivity (Wildman–Crippen MR) is 307 cm³/mol. The fraction of sp³-hybridized carbons (Fsp3) is 0.324. The van der Waals surface area contributed by atoms with Crippen molar-refractivity contribution in [1.82, 2.24) is 0 Å². The maximum absolute atomic E-state index is 2.56. The van der Waals surface area contributed by atoms with Gasteiger partial charge in [-0.1, -0.05) is 162 Å². The fourth-order valence-electron chi connectivity index (χ4n) is 15.8. The van der Waals surface area contributed by atoms with Crippen LogP contribution in [0.3, 0.4) is 0 Å². The van der Waals surface area contributed by atoms with Crippen molar-refractivity contribution < 1.29 is 0 Å². The molecule has 0 radical (unpaired) electrons. The molecule has 366 valence electrons. The third kappa shape index (κ3) is 7.98. The van der Waals surface area contributed by atoms with Crippen molar-refractivity contribution in [2.75, 3.05) is 9.80 Å². The summed E-state index contributed by atoms with van der Waals surface area (Å²) in [7, 11) is 0. The molecule has 0 amide bonds. The van der Waals surface area contributed by atoms with Gasteiger partial charge in [0, 0.05) is 45.0 Å². The first-order valence-corrected chi connectivity index (χ1v) is 27.8. The molecule has 6 aliphatic rings. The predicted octanol–water partition coefficient (Wildman–Crippen LogP) is 19.6. The highest BCUT2D eigenvalue weighted by atomic mass is 15.1. The lowest BCUT2D eigenvalue weighted by Gasteiger charge is -2.57. The molecule has 2 heteroatoms. The van der Waals surface area contributed by atoms with Crippen LogP contribution in [0.5, 0.6) is 0 Å². The Morgan fingerprint density at radius 3 is 1.34 bits per heavy atom. The number of rotatable bonds is 10. The van der Waals surface area contributed by atoms with E-state index in [2.05, 4.69) is 245 Å². The summed E-state index contributed by atoms with van der Waals surface area (Å²) in [5.41, 5.74) is 20.1. The van der Waals surface area contributed by atoms with Gasteiger partial charge in [-0.3, -0.25) is 0 Å². The molecular formula is C71H72N2. The summed E-state index contributed by atoms with van der Waals surface area (Å²) in [6, 6.07) is 76.4. The Hall–Kier alpha value is -6.64. The molecule has 0 heterocycles. The maximum Gasteiger partial charge on any atom is 0.0465 e. The summed E-state index contributed by atoms with van der Waals surface area (Å²) in [5.74, 6) is 3.46. The first-order chi connectivity index (χ1) is 35.5. The monoisotopic (exact) mass is 953 g/mol. The van der Waals surface area contributed by atoms with Gasteiger partial charge in [0.25, 0.3) is 0 Å². The van der Waals surface area contributed by atoms with Crippen LogP contribution in [0, 0.1) is 29.1 Å². The smallest absolute Gasteiger partial charge is 0.0465 e. The summed E-state index contributed by atoms with van der Waals surface area (Å²) in [5, 5.41) is 0. The fourth-order valence-corrected chi connectivity index (χ4v) is 15.8. The Balaban J connectivity index is 0.900. The molecule has 2 nitrogen and oxygen atoms in total. The van der Waals surface area contributed by atoms with Gasteiger partial charge < -0.3 is 9.80 Å². The van der Waals surface area contributed by atoms with Crippen molar-refractivity contribution in [2.45, 2.75) is 115 Å². The molecule has 5 saturated carbocycles. The van der Waals surface area contributed by atoms with Crippen molar-refractivity contribution in [3.05, 3.63) is 228 Å². The van der Waals surface area contributed by atoms with Crippen LogP contribution in [0.2, 0.25) is 0 Å². The van der Waals surface area contributed by atoms with Crippen LogP contribution in [0.15, 0.2) is 200 Å². The molecule has 4 bridgehead atoms. The van der Waals surface area contributed by atoms with Crippen LogP contribution < -0.4 is 9.80 Å². The van der Waals surface area contributed by atoms with E-state index in [0.29, 0.717) is 11.3 Å². The number of hydrogen-bond acceptors (Lipinski definition) is 2. The molecule has 0 aliphatic heterocycles. The van der Waals surface area contributed by atoms with E-state index >= 15 is 0 Å². The molecule has 14 rings (SSSR count). The van der Waals surface area contributed by atoms with Crippen LogP contribution in [0.25, 0.3) is 22.3 Å². The SMILES string of the molecule is CC1(C)c2cc(N(c3ccc(C45CC6CC(CC(C6)C4)C5)cc3)c3ccc(C4(c5ccc(N(c6ccccc6)c6ccccc6)cc5)CCC(C(C)(C)C)CC4)cc3)ccc2-c2c(-c3ccccc3)cccc21. The number of fused-ring (bicyclic) bond motifs is 3. The van der Waals surface area contributed by atoms with Crippen molar-refractivity contribution in [3.8, 4) is 22.3 Å². The lowest BCUT2D eigenvalue weighted by atomic mass is 9.48. The topological polar surface area (TPSA) is 6.48 Å². The molecule has 0 aromatic heterocycles. The second-order valence-electron chi connectivity index (χ2n) is 24.9. The van der Waals surface area contributed by atoms with Crippen molar-refractivity contribution in [1.29, 1.82) is 0 Å². The van der Waals surface area contributed by atoms with Gasteiger partial charge in [-0.25, -0.2) is 0 Å². The normalized spacial score (nSPS) is 24.5. The van der Waals surface area contributed by atoms with Gasteiger partial charge in [0.2, 0.25) is 0 Å². The Morgan fingerprint density at radius 2 is 0.849 bits per heavy atom. The molecule has 0 N–H and O–H groups in total. The zero-order valence-corrected chi connectivity index (χ0v) is 43.8. The van der Waals surface area contributed by atoms with E-state index in [-0.39, 0.29) is 16.2 Å². The van der Waals surface area contributed by atoms with Crippen LogP contribution >= 0.6 is 0 Å². The minimum Gasteiger partial charge on any atom is -0.311 e. The molecule has 8 aromatic rings. The standard InChI is InChI=1S/C71H72N2/c1-68(2,3)53-38-40-71(41-39-53,55-26-32-59(33-27-55)72(57-18-11-7-12-19-57)58-20-13-8-14-21-58)56-28-34-61(35-29-56)73(60-30-24-54(25-31-60)70-46-49-42-50(47-70)44-51(43-49)48-70)62-36-37-64-66(45-62)69(4,5)65-23-15-22-63(67(64)65)52-16-9-6-10-17-52/h6-37,45,49-51,53H,38-44,46-48H2,1-5H3. The zero-order chi connectivity index (χ0) is 49.5. The Morgan fingerprint density at radius 1 is 0.411 bits per heavy atom. The van der Waals surface area contributed by atoms with E-state index in [1.807, 2.05) is 0 Å². The van der Waals surface area contributed by atoms with Crippen LogP contribution in [-0.4, -0.2) is 0 Å². The highest BCUT2D eigenvalue weighted by Gasteiger charge is 2.51. The molecule has 73 heavy (non-hydrogen) atoms. The Labute approximate surface area is 436 Å². The number of hydrogen-bond donors (Lipinski definition) is 0. The van der Waals surface area contributed by atoms with Gasteiger partial charge in [-0.15, -0.1) is 0 Å². The van der Waals surface area contributed by atoms with Gasteiger partial charge >= 0.3 is 0 Å². The largest absolute Gasteiger partial charge is 0.311 e. The lowest BCUT2D eigenvalue weighted by molar-refractivity contribution is -0.00518. The quantitative estimate of drug-likeness (QED) is 0.135. The molecule has 0 atom stereocenters. The summed E-state index contributed by atoms with van der Waals surface area (Å²) in [6.45, 7) is 12.2. The summed E-state index contributed by atoms with van der Waals surface area (Å²) in [6.07, 6.45) is 13.3. The first kappa shape index (κ1) is 46.2. The van der Waals surface area contributed by atoms with E-state index in [0.717, 1.165) is 42.0 Å². The summed E-state index contributed by atoms with van der Waals surface area (Å²) < 4.78 is 0. The van der Waals surface area contributed by atoms with Crippen molar-refractivity contribution in [3.63, 3.8) is 0 Å². The van der Waals surface area contributed by atoms with Crippen molar-refractivity contribution >= 4 is 34.1 Å². The van der Waals surface area contributed by atoms with Crippen LogP contribution in [0.1, 0.15) is 127 Å². The molecule has 8 aromatic carbocycles. The van der Waals surface area contributed by atoms with Gasteiger partial charge in [-0.05, 0) is 222 Å². The maximum atomic E-state index is 2.56. The van der Waals surface area contributed by atoms with Gasteiger partial charge in [0.1, 0.15) is 0 Å². The summed E-state index contributed by atoms with van der Waals surface area (Å²) in [4.78, 5) is 4.94. The second kappa shape index (κ2) is 17.8. The Bertz CT molecular complexity index is 3170. The molecule has 0 unspecified atom stereocenters. The third-order valence-corrected chi connectivity index (χ3v) is 19.3. The van der Waals surface area contributed by atoms with Gasteiger partial charge in [0.05, 0.1) is 0 Å². The molecule has 5 fully saturated rings. The van der Waals surface area contributed by atoms with E-state index in [9.17, 15) is 0 Å². The van der Waals surface area contributed by atoms with Gasteiger partial charge in [0.15, 0.2) is 0 Å². The second-order valence-corrected chi connectivity index (χ2v) is 24.9.